The number of nitrogens with one attached hydrogen (secondary N) is 1. The van der Waals surface area contributed by atoms with Crippen molar-refractivity contribution in [1.29, 1.82) is 0 Å². The summed E-state index contributed by atoms with van der Waals surface area (Å²) in [7, 11) is -2.11. The van der Waals surface area contributed by atoms with Gasteiger partial charge in [0, 0.05) is 6.54 Å². The highest BCUT2D eigenvalue weighted by molar-refractivity contribution is 7.92. The number of benzene rings is 2. The maximum absolute atomic E-state index is 12.8. The molecule has 7 nitrogen and oxygen atoms in total. The first-order valence-corrected chi connectivity index (χ1v) is 12.0. The van der Waals surface area contributed by atoms with Gasteiger partial charge in [0.2, 0.25) is 15.9 Å². The molecule has 1 atom stereocenters. The molecule has 0 saturated carbocycles. The van der Waals surface area contributed by atoms with Gasteiger partial charge in [0.05, 0.1) is 25.2 Å². The summed E-state index contributed by atoms with van der Waals surface area (Å²) in [5, 5.41) is 2.82. The van der Waals surface area contributed by atoms with Crippen molar-refractivity contribution >= 4 is 21.6 Å². The van der Waals surface area contributed by atoms with Gasteiger partial charge in [0.1, 0.15) is 6.04 Å². The van der Waals surface area contributed by atoms with E-state index in [0.717, 1.165) is 27.3 Å². The molecule has 1 amide bonds. The molecule has 0 aliphatic rings. The fourth-order valence-corrected chi connectivity index (χ4v) is 4.35. The first-order chi connectivity index (χ1) is 14.4. The van der Waals surface area contributed by atoms with Crippen LogP contribution in [-0.4, -0.2) is 39.8 Å². The summed E-state index contributed by atoms with van der Waals surface area (Å²) in [6.45, 7) is 9.52. The van der Waals surface area contributed by atoms with Crippen LogP contribution >= 0.6 is 0 Å². The highest BCUT2D eigenvalue weighted by Crippen LogP contribution is 2.29. The van der Waals surface area contributed by atoms with E-state index >= 15 is 0 Å². The number of hydrogen-bond donors (Lipinski definition) is 1. The molecule has 0 spiro atoms. The van der Waals surface area contributed by atoms with Crippen LogP contribution in [0.5, 0.6) is 11.5 Å². The SMILES string of the molecule is COc1cc(CNC(=O)[C@@H](C)N(c2ccc(C)c(C)c2)S(C)(=O)=O)ccc1OC(C)C. The summed E-state index contributed by atoms with van der Waals surface area (Å²) in [6, 6.07) is 9.84. The number of carbonyl (C=O) groups excluding carboxylic acids is 1. The van der Waals surface area contributed by atoms with Crippen LogP contribution in [0.1, 0.15) is 37.5 Å². The summed E-state index contributed by atoms with van der Waals surface area (Å²) in [5.41, 5.74) is 3.28. The van der Waals surface area contributed by atoms with Gasteiger partial charge in [-0.25, -0.2) is 8.42 Å². The molecule has 2 aromatic rings. The molecule has 0 radical (unpaired) electrons. The Kier molecular flexibility index (Phi) is 7.95. The van der Waals surface area contributed by atoms with Gasteiger partial charge in [-0.1, -0.05) is 12.1 Å². The fraction of sp³-hybridized carbons (Fsp3) is 0.435. The number of hydrogen-bond acceptors (Lipinski definition) is 5. The van der Waals surface area contributed by atoms with Gasteiger partial charge in [0.15, 0.2) is 11.5 Å². The topological polar surface area (TPSA) is 84.9 Å². The zero-order valence-electron chi connectivity index (χ0n) is 19.2. The van der Waals surface area contributed by atoms with E-state index in [1.54, 1.807) is 38.3 Å². The smallest absolute Gasteiger partial charge is 0.243 e. The Morgan fingerprint density at radius 3 is 2.26 bits per heavy atom. The summed E-state index contributed by atoms with van der Waals surface area (Å²) in [4.78, 5) is 12.8. The molecule has 1 N–H and O–H groups in total. The van der Waals surface area contributed by atoms with Crippen molar-refractivity contribution in [3.63, 3.8) is 0 Å². The lowest BCUT2D eigenvalue weighted by atomic mass is 10.1. The second-order valence-electron chi connectivity index (χ2n) is 7.87. The van der Waals surface area contributed by atoms with E-state index < -0.39 is 22.0 Å². The molecule has 0 aromatic heterocycles. The predicted molar refractivity (Wildman–Crippen MR) is 123 cm³/mol. The van der Waals surface area contributed by atoms with Gasteiger partial charge in [-0.15, -0.1) is 0 Å². The van der Waals surface area contributed by atoms with Crippen LogP contribution in [0, 0.1) is 13.8 Å². The van der Waals surface area contributed by atoms with Crippen LogP contribution in [0.4, 0.5) is 5.69 Å². The highest BCUT2D eigenvalue weighted by Gasteiger charge is 2.29. The lowest BCUT2D eigenvalue weighted by molar-refractivity contribution is -0.122. The quantitative estimate of drug-likeness (QED) is 0.634. The van der Waals surface area contributed by atoms with Crippen molar-refractivity contribution in [2.45, 2.75) is 53.3 Å². The third kappa shape index (κ3) is 6.37. The third-order valence-electron chi connectivity index (χ3n) is 4.89. The van der Waals surface area contributed by atoms with Gasteiger partial charge in [-0.3, -0.25) is 9.10 Å². The monoisotopic (exact) mass is 448 g/mol. The Morgan fingerprint density at radius 2 is 1.71 bits per heavy atom. The molecule has 31 heavy (non-hydrogen) atoms. The maximum Gasteiger partial charge on any atom is 0.243 e. The minimum absolute atomic E-state index is 0.00712. The number of aryl methyl sites for hydroxylation is 2. The molecule has 2 rings (SSSR count). The maximum atomic E-state index is 12.8. The van der Waals surface area contributed by atoms with Crippen LogP contribution in [0.3, 0.4) is 0 Å². The standard InChI is InChI=1S/C23H32N2O5S/c1-15(2)30-21-11-9-19(13-22(21)29-6)14-24-23(26)18(5)25(31(7,27)28)20-10-8-16(3)17(4)12-20/h8-13,15,18H,14H2,1-7H3,(H,24,26)/t18-/m1/s1. The van der Waals surface area contributed by atoms with Crippen molar-refractivity contribution in [2.75, 3.05) is 17.7 Å². The second kappa shape index (κ2) is 10.0. The molecular formula is C23H32N2O5S. The molecule has 0 unspecified atom stereocenters. The van der Waals surface area contributed by atoms with Crippen molar-refractivity contribution in [3.05, 3.63) is 53.1 Å². The minimum atomic E-state index is -3.67. The number of ether oxygens (including phenoxy) is 2. The molecular weight excluding hydrogens is 416 g/mol. The average molecular weight is 449 g/mol. The zero-order chi connectivity index (χ0) is 23.3. The summed E-state index contributed by atoms with van der Waals surface area (Å²) >= 11 is 0. The van der Waals surface area contributed by atoms with Gasteiger partial charge in [-0.05, 0) is 75.6 Å². The van der Waals surface area contributed by atoms with E-state index in [9.17, 15) is 13.2 Å². The molecule has 170 valence electrons. The van der Waals surface area contributed by atoms with Crippen LogP contribution in [0.25, 0.3) is 0 Å². The molecule has 2 aromatic carbocycles. The van der Waals surface area contributed by atoms with Crippen molar-refractivity contribution in [3.8, 4) is 11.5 Å². The number of methoxy groups -OCH3 is 1. The third-order valence-corrected chi connectivity index (χ3v) is 6.13. The summed E-state index contributed by atoms with van der Waals surface area (Å²) in [5.74, 6) is 0.797. The Labute approximate surface area is 185 Å². The Hall–Kier alpha value is -2.74. The first kappa shape index (κ1) is 24.5. The first-order valence-electron chi connectivity index (χ1n) is 10.1. The minimum Gasteiger partial charge on any atom is -0.493 e. The molecule has 8 heteroatoms. The van der Waals surface area contributed by atoms with Gasteiger partial charge < -0.3 is 14.8 Å². The molecule has 0 aliphatic heterocycles. The Bertz CT molecular complexity index is 1030. The number of rotatable bonds is 9. The molecule has 0 bridgehead atoms. The Balaban J connectivity index is 2.18. The number of nitrogens with zero attached hydrogens (tertiary/aromatic N) is 1. The van der Waals surface area contributed by atoms with Gasteiger partial charge in [0.25, 0.3) is 0 Å². The lowest BCUT2D eigenvalue weighted by Gasteiger charge is -2.28. The molecule has 0 aliphatic carbocycles. The van der Waals surface area contributed by atoms with Crippen LogP contribution in [-0.2, 0) is 21.4 Å². The van der Waals surface area contributed by atoms with Crippen LogP contribution in [0.2, 0.25) is 0 Å². The van der Waals surface area contributed by atoms with Crippen LogP contribution in [0.15, 0.2) is 36.4 Å². The average Bonchev–Trinajstić information content (AvgIpc) is 2.68. The molecule has 0 fully saturated rings. The summed E-state index contributed by atoms with van der Waals surface area (Å²) in [6.07, 6.45) is 1.11. The van der Waals surface area contributed by atoms with E-state index in [4.69, 9.17) is 9.47 Å². The number of amides is 1. The molecule has 0 heterocycles. The predicted octanol–water partition coefficient (Wildman–Crippen LogP) is 3.57. The zero-order valence-corrected chi connectivity index (χ0v) is 20.0. The van der Waals surface area contributed by atoms with Crippen molar-refractivity contribution in [1.82, 2.24) is 5.32 Å². The van der Waals surface area contributed by atoms with E-state index in [2.05, 4.69) is 5.32 Å². The highest BCUT2D eigenvalue weighted by atomic mass is 32.2. The Morgan fingerprint density at radius 1 is 1.03 bits per heavy atom. The van der Waals surface area contributed by atoms with E-state index in [1.165, 1.54) is 0 Å². The van der Waals surface area contributed by atoms with Crippen molar-refractivity contribution in [2.24, 2.45) is 0 Å². The van der Waals surface area contributed by atoms with Crippen LogP contribution < -0.4 is 19.1 Å². The van der Waals surface area contributed by atoms with E-state index in [1.807, 2.05) is 39.8 Å². The number of sulfonamides is 1. The largest absolute Gasteiger partial charge is 0.493 e. The van der Waals surface area contributed by atoms with E-state index in [0.29, 0.717) is 17.2 Å². The number of carbonyl (C=O) groups is 1. The summed E-state index contributed by atoms with van der Waals surface area (Å²) < 4.78 is 37.2. The normalized spacial score (nSPS) is 12.4. The number of anilines is 1. The van der Waals surface area contributed by atoms with Gasteiger partial charge in [-0.2, -0.15) is 0 Å². The molecule has 0 saturated heterocycles. The fourth-order valence-electron chi connectivity index (χ4n) is 3.18. The van der Waals surface area contributed by atoms with Gasteiger partial charge >= 0.3 is 0 Å². The van der Waals surface area contributed by atoms with E-state index in [-0.39, 0.29) is 12.6 Å². The lowest BCUT2D eigenvalue weighted by Crippen LogP contribution is -2.47. The second-order valence-corrected chi connectivity index (χ2v) is 9.73. The van der Waals surface area contributed by atoms with Crippen molar-refractivity contribution < 1.29 is 22.7 Å².